The highest BCUT2D eigenvalue weighted by Crippen LogP contribution is 2.25. The molecule has 0 spiro atoms. The molecule has 0 amide bonds. The van der Waals surface area contributed by atoms with Gasteiger partial charge in [0.15, 0.2) is 5.65 Å². The maximum absolute atomic E-state index is 4.72. The predicted octanol–water partition coefficient (Wildman–Crippen LogP) is 2.65. The first kappa shape index (κ1) is 15.1. The van der Waals surface area contributed by atoms with Crippen LogP contribution in [0.1, 0.15) is 24.8 Å². The van der Waals surface area contributed by atoms with Gasteiger partial charge in [-0.05, 0) is 19.9 Å². The summed E-state index contributed by atoms with van der Waals surface area (Å²) in [7, 11) is 0. The molecule has 130 valence electrons. The Morgan fingerprint density at radius 3 is 2.96 bits per heavy atom. The molecule has 0 unspecified atom stereocenters. The quantitative estimate of drug-likeness (QED) is 0.525. The van der Waals surface area contributed by atoms with Crippen molar-refractivity contribution in [1.82, 2.24) is 44.9 Å². The zero-order valence-corrected chi connectivity index (χ0v) is 15.0. The SMILES string of the molecule is CC(C)n1cc(-c2cnc3nnn(Cc4cc5[nH]ncc5s4)c3n2)cn1. The molecule has 5 aromatic heterocycles. The van der Waals surface area contributed by atoms with E-state index in [0.717, 1.165) is 26.4 Å². The van der Waals surface area contributed by atoms with Crippen molar-refractivity contribution in [2.45, 2.75) is 26.4 Å². The molecular weight excluding hydrogens is 350 g/mol. The average molecular weight is 365 g/mol. The highest BCUT2D eigenvalue weighted by atomic mass is 32.1. The average Bonchev–Trinajstić information content (AvgIpc) is 3.38. The van der Waals surface area contributed by atoms with Crippen LogP contribution in [0.15, 0.2) is 30.9 Å². The number of nitrogens with zero attached hydrogens (tertiary/aromatic N) is 8. The number of hydrogen-bond donors (Lipinski definition) is 1. The number of aromatic nitrogens is 9. The fourth-order valence-corrected chi connectivity index (χ4v) is 3.75. The van der Waals surface area contributed by atoms with Crippen LogP contribution in [0.25, 0.3) is 32.8 Å². The van der Waals surface area contributed by atoms with Crippen molar-refractivity contribution in [3.8, 4) is 11.3 Å². The lowest BCUT2D eigenvalue weighted by molar-refractivity contribution is 0.532. The fourth-order valence-electron chi connectivity index (χ4n) is 2.78. The Labute approximate surface area is 151 Å². The Balaban J connectivity index is 1.52. The van der Waals surface area contributed by atoms with Gasteiger partial charge in [-0.1, -0.05) is 5.21 Å². The van der Waals surface area contributed by atoms with Gasteiger partial charge in [-0.25, -0.2) is 14.6 Å². The Kier molecular flexibility index (Phi) is 3.32. The van der Waals surface area contributed by atoms with Crippen LogP contribution in [0.2, 0.25) is 0 Å². The summed E-state index contributed by atoms with van der Waals surface area (Å²) in [6.45, 7) is 4.76. The van der Waals surface area contributed by atoms with Crippen LogP contribution in [0, 0.1) is 0 Å². The lowest BCUT2D eigenvalue weighted by Crippen LogP contribution is -2.02. The second-order valence-corrected chi connectivity index (χ2v) is 7.48. The third-order valence-corrected chi connectivity index (χ3v) is 5.19. The van der Waals surface area contributed by atoms with E-state index in [2.05, 4.69) is 50.5 Å². The second kappa shape index (κ2) is 5.70. The molecule has 5 rings (SSSR count). The lowest BCUT2D eigenvalue weighted by atomic mass is 10.2. The Bertz CT molecular complexity index is 1180. The van der Waals surface area contributed by atoms with Gasteiger partial charge in [0.2, 0.25) is 5.65 Å². The first-order chi connectivity index (χ1) is 12.7. The van der Waals surface area contributed by atoms with Crippen molar-refractivity contribution in [3.63, 3.8) is 0 Å². The van der Waals surface area contributed by atoms with Crippen molar-refractivity contribution < 1.29 is 0 Å². The van der Waals surface area contributed by atoms with Gasteiger partial charge in [0, 0.05) is 22.7 Å². The van der Waals surface area contributed by atoms with Gasteiger partial charge >= 0.3 is 0 Å². The van der Waals surface area contributed by atoms with Crippen LogP contribution in [0.3, 0.4) is 0 Å². The molecule has 0 aliphatic heterocycles. The molecule has 0 aliphatic carbocycles. The zero-order chi connectivity index (χ0) is 17.7. The number of rotatable bonds is 4. The number of fused-ring (bicyclic) bond motifs is 2. The standard InChI is InChI=1S/C16H15N9S/c1-9(2)24-7-10(4-19-24)13-5-17-15-16(20-13)25(23-22-15)8-11-3-12-14(26-11)6-18-21-12/h3-7,9H,8H2,1-2H3,(H,18,21). The summed E-state index contributed by atoms with van der Waals surface area (Å²) in [5, 5.41) is 19.7. The third-order valence-electron chi connectivity index (χ3n) is 4.14. The van der Waals surface area contributed by atoms with E-state index in [4.69, 9.17) is 4.98 Å². The molecule has 0 aliphatic rings. The van der Waals surface area contributed by atoms with E-state index in [9.17, 15) is 0 Å². The first-order valence-electron chi connectivity index (χ1n) is 8.20. The van der Waals surface area contributed by atoms with Gasteiger partial charge < -0.3 is 0 Å². The van der Waals surface area contributed by atoms with Crippen molar-refractivity contribution in [1.29, 1.82) is 0 Å². The molecule has 0 radical (unpaired) electrons. The summed E-state index contributed by atoms with van der Waals surface area (Å²) in [5.41, 5.74) is 3.91. The molecule has 26 heavy (non-hydrogen) atoms. The summed E-state index contributed by atoms with van der Waals surface area (Å²) in [5.74, 6) is 0. The van der Waals surface area contributed by atoms with E-state index in [1.807, 2.05) is 17.1 Å². The van der Waals surface area contributed by atoms with E-state index in [1.165, 1.54) is 0 Å². The largest absolute Gasteiger partial charge is 0.277 e. The molecule has 0 atom stereocenters. The Morgan fingerprint density at radius 2 is 2.15 bits per heavy atom. The molecule has 0 saturated carbocycles. The molecule has 9 nitrogen and oxygen atoms in total. The van der Waals surface area contributed by atoms with Crippen LogP contribution in [-0.2, 0) is 6.54 Å². The van der Waals surface area contributed by atoms with Crippen molar-refractivity contribution in [2.75, 3.05) is 0 Å². The topological polar surface area (TPSA) is 103 Å². The highest BCUT2D eigenvalue weighted by molar-refractivity contribution is 7.19. The van der Waals surface area contributed by atoms with E-state index in [0.29, 0.717) is 23.9 Å². The Hall–Kier alpha value is -3.14. The number of thiophene rings is 1. The van der Waals surface area contributed by atoms with Gasteiger partial charge in [0.25, 0.3) is 0 Å². The summed E-state index contributed by atoms with van der Waals surface area (Å²) in [6.07, 6.45) is 7.32. The van der Waals surface area contributed by atoms with Gasteiger partial charge in [-0.15, -0.1) is 16.4 Å². The highest BCUT2D eigenvalue weighted by Gasteiger charge is 2.13. The molecule has 0 saturated heterocycles. The molecule has 0 fully saturated rings. The van der Waals surface area contributed by atoms with Gasteiger partial charge in [0.1, 0.15) is 0 Å². The van der Waals surface area contributed by atoms with E-state index < -0.39 is 0 Å². The molecule has 0 bridgehead atoms. The molecule has 1 N–H and O–H groups in total. The molecule has 0 aromatic carbocycles. The first-order valence-corrected chi connectivity index (χ1v) is 9.01. The maximum atomic E-state index is 4.72. The van der Waals surface area contributed by atoms with E-state index in [-0.39, 0.29) is 0 Å². The maximum Gasteiger partial charge on any atom is 0.221 e. The minimum absolute atomic E-state index is 0.297. The van der Waals surface area contributed by atoms with E-state index >= 15 is 0 Å². The molecule has 10 heteroatoms. The van der Waals surface area contributed by atoms with Crippen molar-refractivity contribution >= 4 is 32.8 Å². The summed E-state index contributed by atoms with van der Waals surface area (Å²) in [6, 6.07) is 2.37. The second-order valence-electron chi connectivity index (χ2n) is 6.31. The zero-order valence-electron chi connectivity index (χ0n) is 14.2. The number of nitrogens with one attached hydrogen (secondary N) is 1. The van der Waals surface area contributed by atoms with Gasteiger partial charge in [0.05, 0.1) is 41.0 Å². The monoisotopic (exact) mass is 365 g/mol. The van der Waals surface area contributed by atoms with Gasteiger partial charge in [-0.3, -0.25) is 9.78 Å². The van der Waals surface area contributed by atoms with Crippen LogP contribution in [-0.4, -0.2) is 44.9 Å². The van der Waals surface area contributed by atoms with Crippen molar-refractivity contribution in [2.24, 2.45) is 0 Å². The van der Waals surface area contributed by atoms with Crippen LogP contribution < -0.4 is 0 Å². The van der Waals surface area contributed by atoms with Crippen LogP contribution in [0.5, 0.6) is 0 Å². The van der Waals surface area contributed by atoms with Crippen molar-refractivity contribution in [3.05, 3.63) is 35.7 Å². The molecular formula is C16H15N9S. The molecule has 5 aromatic rings. The minimum atomic E-state index is 0.297. The Morgan fingerprint density at radius 1 is 1.23 bits per heavy atom. The number of H-pyrrole nitrogens is 1. The number of aromatic amines is 1. The summed E-state index contributed by atoms with van der Waals surface area (Å²) in [4.78, 5) is 10.3. The van der Waals surface area contributed by atoms with Gasteiger partial charge in [-0.2, -0.15) is 10.2 Å². The summed E-state index contributed by atoms with van der Waals surface area (Å²) >= 11 is 1.67. The smallest absolute Gasteiger partial charge is 0.221 e. The van der Waals surface area contributed by atoms with Crippen LogP contribution in [0.4, 0.5) is 0 Å². The lowest BCUT2D eigenvalue weighted by Gasteiger charge is -2.03. The summed E-state index contributed by atoms with van der Waals surface area (Å²) < 4.78 is 4.80. The van der Waals surface area contributed by atoms with Crippen LogP contribution >= 0.6 is 11.3 Å². The molecule has 5 heterocycles. The number of hydrogen-bond acceptors (Lipinski definition) is 7. The fraction of sp³-hybridized carbons (Fsp3) is 0.250. The normalized spacial score (nSPS) is 12.0. The third kappa shape index (κ3) is 2.46. The predicted molar refractivity (Wildman–Crippen MR) is 97.8 cm³/mol. The minimum Gasteiger partial charge on any atom is -0.277 e. The van der Waals surface area contributed by atoms with E-state index in [1.54, 1.807) is 28.4 Å².